The van der Waals surface area contributed by atoms with Gasteiger partial charge in [-0.2, -0.15) is 0 Å². The number of halogens is 3. The average Bonchev–Trinajstić information content (AvgIpc) is 2.35. The van der Waals surface area contributed by atoms with Crippen molar-refractivity contribution in [2.24, 2.45) is 0 Å². The van der Waals surface area contributed by atoms with E-state index in [9.17, 15) is 13.6 Å². The van der Waals surface area contributed by atoms with Gasteiger partial charge in [-0.25, -0.2) is 13.6 Å². The van der Waals surface area contributed by atoms with Crippen LogP contribution in [0.1, 0.15) is 15.9 Å². The molecule has 0 aliphatic rings. The second-order valence-electron chi connectivity index (χ2n) is 4.01. The second kappa shape index (κ2) is 6.37. The highest BCUT2D eigenvalue weighted by Gasteiger charge is 2.11. The van der Waals surface area contributed by atoms with Crippen LogP contribution in [-0.4, -0.2) is 11.1 Å². The van der Waals surface area contributed by atoms with Crippen LogP contribution in [0.2, 0.25) is 0 Å². The van der Waals surface area contributed by atoms with Crippen LogP contribution >= 0.6 is 27.7 Å². The minimum atomic E-state index is -1.04. The molecule has 0 aliphatic carbocycles. The lowest BCUT2D eigenvalue weighted by Crippen LogP contribution is -1.99. The maximum atomic E-state index is 13.1. The molecule has 0 fully saturated rings. The Morgan fingerprint density at radius 1 is 1.15 bits per heavy atom. The van der Waals surface area contributed by atoms with E-state index < -0.39 is 17.6 Å². The van der Waals surface area contributed by atoms with E-state index in [1.165, 1.54) is 30.0 Å². The van der Waals surface area contributed by atoms with Crippen LogP contribution in [0.4, 0.5) is 8.78 Å². The van der Waals surface area contributed by atoms with Gasteiger partial charge in [0, 0.05) is 21.2 Å². The van der Waals surface area contributed by atoms with E-state index in [2.05, 4.69) is 15.9 Å². The molecule has 0 aromatic heterocycles. The lowest BCUT2D eigenvalue weighted by Gasteiger charge is -2.07. The first-order valence-electron chi connectivity index (χ1n) is 5.56. The highest BCUT2D eigenvalue weighted by Crippen LogP contribution is 2.29. The van der Waals surface area contributed by atoms with E-state index in [1.54, 1.807) is 12.1 Å². The van der Waals surface area contributed by atoms with Gasteiger partial charge in [-0.15, -0.1) is 11.8 Å². The maximum absolute atomic E-state index is 13.1. The molecule has 0 saturated heterocycles. The Morgan fingerprint density at radius 3 is 2.40 bits per heavy atom. The summed E-state index contributed by atoms with van der Waals surface area (Å²) in [7, 11) is 0. The predicted molar refractivity (Wildman–Crippen MR) is 77.0 cm³/mol. The number of carboxylic acid groups (broad SMARTS) is 1. The molecular formula is C14H9BrF2O2S. The van der Waals surface area contributed by atoms with Gasteiger partial charge in [0.25, 0.3) is 0 Å². The number of hydrogen-bond acceptors (Lipinski definition) is 2. The quantitative estimate of drug-likeness (QED) is 0.803. The van der Waals surface area contributed by atoms with Gasteiger partial charge >= 0.3 is 5.97 Å². The van der Waals surface area contributed by atoms with Crippen molar-refractivity contribution in [3.05, 3.63) is 63.6 Å². The Hall–Kier alpha value is -1.40. The molecule has 6 heteroatoms. The first-order chi connectivity index (χ1) is 9.45. The normalized spacial score (nSPS) is 10.6. The number of aromatic carboxylic acids is 1. The highest BCUT2D eigenvalue weighted by molar-refractivity contribution is 9.10. The van der Waals surface area contributed by atoms with Crippen LogP contribution < -0.4 is 0 Å². The van der Waals surface area contributed by atoms with Gasteiger partial charge in [-0.3, -0.25) is 0 Å². The molecule has 0 unspecified atom stereocenters. The van der Waals surface area contributed by atoms with E-state index in [-0.39, 0.29) is 11.3 Å². The summed E-state index contributed by atoms with van der Waals surface area (Å²) in [5, 5.41) is 9.09. The number of rotatable bonds is 4. The van der Waals surface area contributed by atoms with Crippen molar-refractivity contribution in [2.75, 3.05) is 0 Å². The Morgan fingerprint density at radius 2 is 1.80 bits per heavy atom. The Labute approximate surface area is 126 Å². The number of hydrogen-bond donors (Lipinski definition) is 1. The van der Waals surface area contributed by atoms with Gasteiger partial charge in [0.1, 0.15) is 11.6 Å². The van der Waals surface area contributed by atoms with Crippen LogP contribution in [0.25, 0.3) is 0 Å². The van der Waals surface area contributed by atoms with Gasteiger partial charge < -0.3 is 5.11 Å². The molecule has 0 aliphatic heterocycles. The van der Waals surface area contributed by atoms with Crippen LogP contribution in [0.5, 0.6) is 0 Å². The van der Waals surface area contributed by atoms with Crippen molar-refractivity contribution in [1.29, 1.82) is 0 Å². The van der Waals surface area contributed by atoms with E-state index >= 15 is 0 Å². The summed E-state index contributed by atoms with van der Waals surface area (Å²) in [6.45, 7) is 0. The summed E-state index contributed by atoms with van der Waals surface area (Å²) in [5.41, 5.74) is 0.624. The van der Waals surface area contributed by atoms with Crippen molar-refractivity contribution < 1.29 is 18.7 Å². The molecule has 104 valence electrons. The first kappa shape index (κ1) is 15.0. The molecule has 2 aromatic carbocycles. The van der Waals surface area contributed by atoms with Crippen molar-refractivity contribution in [3.63, 3.8) is 0 Å². The van der Waals surface area contributed by atoms with E-state index in [0.717, 1.165) is 10.5 Å². The molecule has 0 atom stereocenters. The van der Waals surface area contributed by atoms with Crippen LogP contribution in [0.15, 0.2) is 45.8 Å². The molecule has 1 N–H and O–H groups in total. The summed E-state index contributed by atoms with van der Waals surface area (Å²) < 4.78 is 26.9. The number of carbonyl (C=O) groups is 1. The molecule has 2 rings (SSSR count). The molecule has 2 nitrogen and oxygen atoms in total. The number of thioether (sulfide) groups is 1. The first-order valence-corrected chi connectivity index (χ1v) is 7.34. The lowest BCUT2D eigenvalue weighted by atomic mass is 10.2. The molecule has 0 bridgehead atoms. The zero-order valence-corrected chi connectivity index (χ0v) is 12.5. The Balaban J connectivity index is 2.22. The monoisotopic (exact) mass is 358 g/mol. The van der Waals surface area contributed by atoms with E-state index in [4.69, 9.17) is 5.11 Å². The van der Waals surface area contributed by atoms with Crippen LogP contribution in [0, 0.1) is 11.6 Å². The van der Waals surface area contributed by atoms with E-state index in [1.807, 2.05) is 0 Å². The smallest absolute Gasteiger partial charge is 0.336 e. The molecule has 0 amide bonds. The van der Waals surface area contributed by atoms with Crippen LogP contribution in [-0.2, 0) is 5.75 Å². The molecule has 2 aromatic rings. The molecule has 0 saturated carbocycles. The van der Waals surface area contributed by atoms with Crippen molar-refractivity contribution in [2.45, 2.75) is 10.6 Å². The summed E-state index contributed by atoms with van der Waals surface area (Å²) in [5.74, 6) is -2.04. The minimum absolute atomic E-state index is 0.162. The molecular weight excluding hydrogens is 350 g/mol. The lowest BCUT2D eigenvalue weighted by molar-refractivity contribution is 0.0693. The fraction of sp³-hybridized carbons (Fsp3) is 0.0714. The Kier molecular flexibility index (Phi) is 4.77. The maximum Gasteiger partial charge on any atom is 0.336 e. The summed E-state index contributed by atoms with van der Waals surface area (Å²) in [6.07, 6.45) is 0. The van der Waals surface area contributed by atoms with Crippen molar-refractivity contribution in [3.8, 4) is 0 Å². The van der Waals surface area contributed by atoms with Crippen molar-refractivity contribution >= 4 is 33.7 Å². The van der Waals surface area contributed by atoms with Gasteiger partial charge in [-0.1, -0.05) is 15.9 Å². The zero-order chi connectivity index (χ0) is 14.7. The second-order valence-corrected chi connectivity index (χ2v) is 5.94. The van der Waals surface area contributed by atoms with Gasteiger partial charge in [0.2, 0.25) is 0 Å². The summed E-state index contributed by atoms with van der Waals surface area (Å²) in [4.78, 5) is 11.6. The minimum Gasteiger partial charge on any atom is -0.478 e. The fourth-order valence-electron chi connectivity index (χ4n) is 1.65. The highest BCUT2D eigenvalue weighted by atomic mass is 79.9. The molecule has 20 heavy (non-hydrogen) atoms. The molecule has 0 spiro atoms. The molecule has 0 heterocycles. The number of benzene rings is 2. The average molecular weight is 359 g/mol. The molecule has 0 radical (unpaired) electrons. The predicted octanol–water partition coefficient (Wildman–Crippen LogP) is 4.72. The largest absolute Gasteiger partial charge is 0.478 e. The van der Waals surface area contributed by atoms with Gasteiger partial charge in [0.15, 0.2) is 0 Å². The fourth-order valence-corrected chi connectivity index (χ4v) is 3.17. The SMILES string of the molecule is O=C(O)c1ccc(Br)cc1SCc1cc(F)cc(F)c1. The Bertz CT molecular complexity index is 641. The summed E-state index contributed by atoms with van der Waals surface area (Å²) in [6, 6.07) is 8.05. The topological polar surface area (TPSA) is 37.3 Å². The third-order valence-corrected chi connectivity index (χ3v) is 4.11. The third-order valence-electron chi connectivity index (χ3n) is 2.49. The van der Waals surface area contributed by atoms with Crippen molar-refractivity contribution in [1.82, 2.24) is 0 Å². The zero-order valence-electron chi connectivity index (χ0n) is 10.1. The standard InChI is InChI=1S/C14H9BrF2O2S/c15-9-1-2-12(14(18)19)13(5-9)20-7-8-3-10(16)6-11(17)4-8/h1-6H,7H2,(H,18,19). The summed E-state index contributed by atoms with van der Waals surface area (Å²) >= 11 is 4.48. The van der Waals surface area contributed by atoms with Crippen LogP contribution in [0.3, 0.4) is 0 Å². The number of carboxylic acids is 1. The van der Waals surface area contributed by atoms with Gasteiger partial charge in [-0.05, 0) is 35.9 Å². The van der Waals surface area contributed by atoms with Gasteiger partial charge in [0.05, 0.1) is 5.56 Å². The third kappa shape index (κ3) is 3.80. The van der Waals surface area contributed by atoms with E-state index in [0.29, 0.717) is 10.5 Å².